The molecule has 1 heterocycles. The Hall–Kier alpha value is -1.25. The van der Waals surface area contributed by atoms with Crippen molar-refractivity contribution in [3.8, 4) is 0 Å². The minimum absolute atomic E-state index is 0.00609. The van der Waals surface area contributed by atoms with Crippen LogP contribution in [0.1, 0.15) is 12.5 Å². The highest BCUT2D eigenvalue weighted by Gasteiger charge is 2.23. The predicted molar refractivity (Wildman–Crippen MR) is 132 cm³/mol. The summed E-state index contributed by atoms with van der Waals surface area (Å²) in [7, 11) is 0. The number of piperazine rings is 1. The molecule has 1 aliphatic heterocycles. The van der Waals surface area contributed by atoms with Crippen molar-refractivity contribution in [1.29, 1.82) is 0 Å². The minimum Gasteiger partial charge on any atom is -0.394 e. The first-order valence-electron chi connectivity index (χ1n) is 10.2. The van der Waals surface area contributed by atoms with Gasteiger partial charge in [0, 0.05) is 47.1 Å². The van der Waals surface area contributed by atoms with Crippen LogP contribution >= 0.6 is 46.6 Å². The molecule has 1 aliphatic rings. The van der Waals surface area contributed by atoms with E-state index in [1.54, 1.807) is 24.3 Å². The third-order valence-electron chi connectivity index (χ3n) is 5.08. The van der Waals surface area contributed by atoms with E-state index < -0.39 is 0 Å². The second-order valence-electron chi connectivity index (χ2n) is 7.25. The molecule has 5 nitrogen and oxygen atoms in total. The van der Waals surface area contributed by atoms with E-state index in [0.29, 0.717) is 34.8 Å². The fraction of sp³-hybridized carbons (Fsp3) is 0.348. The number of rotatable bonds is 8. The topological polar surface area (TPSA) is 53.0 Å². The molecule has 32 heavy (non-hydrogen) atoms. The second-order valence-corrected chi connectivity index (χ2v) is 9.59. The lowest BCUT2D eigenvalue weighted by Gasteiger charge is -2.37. The summed E-state index contributed by atoms with van der Waals surface area (Å²) in [5, 5.41) is 10.6. The van der Waals surface area contributed by atoms with Crippen molar-refractivity contribution in [1.82, 2.24) is 9.80 Å². The number of hydrogen-bond acceptors (Lipinski definition) is 5. The van der Waals surface area contributed by atoms with Crippen molar-refractivity contribution in [3.05, 3.63) is 63.1 Å². The number of amides is 1. The van der Waals surface area contributed by atoms with Gasteiger partial charge in [0.1, 0.15) is 6.23 Å². The Morgan fingerprint density at radius 1 is 1.09 bits per heavy atom. The molecule has 2 aromatic carbocycles. The number of nitrogens with zero attached hydrogens (tertiary/aromatic N) is 2. The molecule has 0 bridgehead atoms. The van der Waals surface area contributed by atoms with Crippen LogP contribution < -0.4 is 0 Å². The summed E-state index contributed by atoms with van der Waals surface area (Å²) >= 11 is 20.1. The van der Waals surface area contributed by atoms with Gasteiger partial charge in [0.05, 0.1) is 23.3 Å². The van der Waals surface area contributed by atoms with Gasteiger partial charge in [-0.25, -0.2) is 0 Å². The van der Waals surface area contributed by atoms with Crippen molar-refractivity contribution in [2.45, 2.75) is 22.9 Å². The fourth-order valence-electron chi connectivity index (χ4n) is 3.29. The van der Waals surface area contributed by atoms with Gasteiger partial charge in [0.15, 0.2) is 0 Å². The number of benzene rings is 2. The molecule has 0 saturated carbocycles. The Morgan fingerprint density at radius 2 is 1.75 bits per heavy atom. The van der Waals surface area contributed by atoms with E-state index in [4.69, 9.17) is 44.6 Å². The highest BCUT2D eigenvalue weighted by atomic mass is 35.5. The number of ether oxygens (including phenoxy) is 1. The molecule has 2 aromatic rings. The Morgan fingerprint density at radius 3 is 2.38 bits per heavy atom. The van der Waals surface area contributed by atoms with Gasteiger partial charge >= 0.3 is 0 Å². The predicted octanol–water partition coefficient (Wildman–Crippen LogP) is 5.31. The number of carbonyl (C=O) groups is 1. The fourth-order valence-corrected chi connectivity index (χ4v) is 4.94. The molecule has 1 fully saturated rings. The number of aliphatic hydroxyl groups is 1. The maximum absolute atomic E-state index is 12.6. The summed E-state index contributed by atoms with van der Waals surface area (Å²) in [6.45, 7) is 5.01. The van der Waals surface area contributed by atoms with Gasteiger partial charge < -0.3 is 14.7 Å². The lowest BCUT2D eigenvalue weighted by molar-refractivity contribution is -0.130. The average Bonchev–Trinajstić information content (AvgIpc) is 2.79. The van der Waals surface area contributed by atoms with Gasteiger partial charge in [-0.3, -0.25) is 9.69 Å². The highest BCUT2D eigenvalue weighted by Crippen LogP contribution is 2.38. The van der Waals surface area contributed by atoms with Gasteiger partial charge in [-0.1, -0.05) is 52.6 Å². The van der Waals surface area contributed by atoms with E-state index in [-0.39, 0.29) is 18.7 Å². The molecule has 1 N–H and O–H groups in total. The summed E-state index contributed by atoms with van der Waals surface area (Å²) in [6, 6.07) is 11.0. The van der Waals surface area contributed by atoms with Crippen LogP contribution in [0.3, 0.4) is 0 Å². The van der Waals surface area contributed by atoms with Crippen molar-refractivity contribution in [2.75, 3.05) is 39.4 Å². The van der Waals surface area contributed by atoms with Crippen LogP contribution in [0.4, 0.5) is 0 Å². The molecular weight excluding hydrogens is 491 g/mol. The van der Waals surface area contributed by atoms with Crippen LogP contribution in [0, 0.1) is 0 Å². The summed E-state index contributed by atoms with van der Waals surface area (Å²) in [4.78, 5) is 18.3. The van der Waals surface area contributed by atoms with Gasteiger partial charge in [-0.2, -0.15) is 0 Å². The number of carbonyl (C=O) groups excluding carboxylic acids is 1. The van der Waals surface area contributed by atoms with Gasteiger partial charge in [0.2, 0.25) is 5.91 Å². The van der Waals surface area contributed by atoms with E-state index in [2.05, 4.69) is 4.90 Å². The van der Waals surface area contributed by atoms with E-state index in [0.717, 1.165) is 28.4 Å². The first-order chi connectivity index (χ1) is 15.4. The smallest absolute Gasteiger partial charge is 0.246 e. The maximum atomic E-state index is 12.6. The normalized spacial score (nSPS) is 16.0. The second kappa shape index (κ2) is 12.3. The summed E-state index contributed by atoms with van der Waals surface area (Å²) in [5.74, 6) is -0.0314. The number of hydrogen-bond donors (Lipinski definition) is 1. The van der Waals surface area contributed by atoms with Crippen LogP contribution in [0.15, 0.2) is 52.3 Å². The standard InChI is InChI=1S/C23H25Cl3N2O3S/c1-16(31-13-12-29)27-8-10-28(11-9-27)23(30)7-3-17-2-5-21(19(25)14-17)32-22-6-4-18(24)15-20(22)26/h2-7,14-16,29H,8-13H2,1H3. The Labute approximate surface area is 207 Å². The molecule has 1 unspecified atom stereocenters. The van der Waals surface area contributed by atoms with Crippen molar-refractivity contribution < 1.29 is 14.6 Å². The van der Waals surface area contributed by atoms with E-state index in [1.807, 2.05) is 36.1 Å². The van der Waals surface area contributed by atoms with Gasteiger partial charge in [-0.15, -0.1) is 0 Å². The van der Waals surface area contributed by atoms with Crippen LogP contribution in [-0.2, 0) is 9.53 Å². The van der Waals surface area contributed by atoms with Crippen molar-refractivity contribution in [3.63, 3.8) is 0 Å². The summed E-state index contributed by atoms with van der Waals surface area (Å²) in [6.07, 6.45) is 3.28. The molecule has 1 amide bonds. The maximum Gasteiger partial charge on any atom is 0.246 e. The van der Waals surface area contributed by atoms with Crippen LogP contribution in [0.2, 0.25) is 15.1 Å². The SMILES string of the molecule is CC(OCCO)N1CCN(C(=O)C=Cc2ccc(Sc3ccc(Cl)cc3Cl)c(Cl)c2)CC1. The zero-order chi connectivity index (χ0) is 23.1. The van der Waals surface area contributed by atoms with E-state index in [9.17, 15) is 4.79 Å². The number of aliphatic hydroxyl groups excluding tert-OH is 1. The molecule has 3 rings (SSSR count). The van der Waals surface area contributed by atoms with E-state index in [1.165, 1.54) is 11.8 Å². The zero-order valence-electron chi connectivity index (χ0n) is 17.6. The summed E-state index contributed by atoms with van der Waals surface area (Å²) < 4.78 is 5.53. The van der Waals surface area contributed by atoms with Gasteiger partial charge in [-0.05, 0) is 48.9 Å². The van der Waals surface area contributed by atoms with Gasteiger partial charge in [0.25, 0.3) is 0 Å². The zero-order valence-corrected chi connectivity index (χ0v) is 20.7. The monoisotopic (exact) mass is 514 g/mol. The molecule has 0 aliphatic carbocycles. The van der Waals surface area contributed by atoms with Crippen molar-refractivity contribution in [2.24, 2.45) is 0 Å². The number of halogens is 3. The lowest BCUT2D eigenvalue weighted by atomic mass is 10.2. The van der Waals surface area contributed by atoms with Crippen LogP contribution in [-0.4, -0.2) is 66.4 Å². The molecule has 0 aromatic heterocycles. The van der Waals surface area contributed by atoms with Crippen molar-refractivity contribution >= 4 is 58.5 Å². The molecule has 172 valence electrons. The molecule has 1 atom stereocenters. The lowest BCUT2D eigenvalue weighted by Crippen LogP contribution is -2.51. The average molecular weight is 516 g/mol. The molecule has 1 saturated heterocycles. The Bertz CT molecular complexity index is 965. The van der Waals surface area contributed by atoms with E-state index >= 15 is 0 Å². The third-order valence-corrected chi connectivity index (χ3v) is 7.32. The third kappa shape index (κ3) is 7.12. The summed E-state index contributed by atoms with van der Waals surface area (Å²) in [5.41, 5.74) is 0.847. The minimum atomic E-state index is -0.0729. The van der Waals surface area contributed by atoms with Crippen LogP contribution in [0.5, 0.6) is 0 Å². The molecule has 0 spiro atoms. The van der Waals surface area contributed by atoms with Crippen LogP contribution in [0.25, 0.3) is 6.08 Å². The first kappa shape index (κ1) is 25.4. The first-order valence-corrected chi connectivity index (χ1v) is 12.2. The highest BCUT2D eigenvalue weighted by molar-refractivity contribution is 7.99. The Balaban J connectivity index is 1.55. The molecule has 0 radical (unpaired) electrons. The molecular formula is C23H25Cl3N2O3S. The molecule has 9 heteroatoms. The Kier molecular flexibility index (Phi) is 9.74. The quantitative estimate of drug-likeness (QED) is 0.483. The largest absolute Gasteiger partial charge is 0.394 e.